The fourth-order valence-corrected chi connectivity index (χ4v) is 5.85. The van der Waals surface area contributed by atoms with Gasteiger partial charge >= 0.3 is 19.8 Å². The van der Waals surface area contributed by atoms with E-state index >= 15 is 0 Å². The van der Waals surface area contributed by atoms with Gasteiger partial charge in [-0.15, -0.1) is 0 Å². The Labute approximate surface area is 315 Å². The van der Waals surface area contributed by atoms with E-state index in [1.807, 2.05) is 6.08 Å². The molecular weight excluding hydrogens is 679 g/mol. The Hall–Kier alpha value is -2.29. The van der Waals surface area contributed by atoms with E-state index in [9.17, 15) is 14.2 Å². The van der Waals surface area contributed by atoms with E-state index < -0.39 is 32.5 Å². The second-order valence-electron chi connectivity index (χ2n) is 13.6. The predicted octanol–water partition coefficient (Wildman–Crippen LogP) is 11.1. The average molecular weight is 751 g/mol. The predicted molar refractivity (Wildman–Crippen MR) is 211 cm³/mol. The highest BCUT2D eigenvalue weighted by Crippen LogP contribution is 2.36. The van der Waals surface area contributed by atoms with Gasteiger partial charge in [0.25, 0.3) is 0 Å². The van der Waals surface area contributed by atoms with Crippen LogP contribution in [0.2, 0.25) is 0 Å². The molecule has 0 aliphatic carbocycles. The number of carbonyl (C=O) groups is 2. The lowest BCUT2D eigenvalue weighted by Crippen LogP contribution is -2.29. The molecule has 1 saturated heterocycles. The Bertz CT molecular complexity index is 1090. The van der Waals surface area contributed by atoms with Gasteiger partial charge in [-0.05, 0) is 83.5 Å². The number of ether oxygens (including phenoxy) is 3. The van der Waals surface area contributed by atoms with Crippen molar-refractivity contribution in [3.63, 3.8) is 0 Å². The van der Waals surface area contributed by atoms with Gasteiger partial charge in [0.05, 0.1) is 18.8 Å². The highest BCUT2D eigenvalue weighted by Gasteiger charge is 2.36. The number of hydrogen-bond donors (Lipinski definition) is 2. The van der Waals surface area contributed by atoms with Crippen LogP contribution in [0.1, 0.15) is 162 Å². The maximum absolute atomic E-state index is 12.4. The van der Waals surface area contributed by atoms with E-state index in [1.54, 1.807) is 0 Å². The first-order valence-electron chi connectivity index (χ1n) is 20.2. The van der Waals surface area contributed by atoms with Crippen molar-refractivity contribution in [2.45, 2.75) is 180 Å². The number of phosphoric ester groups is 1. The third kappa shape index (κ3) is 32.4. The Morgan fingerprint density at radius 3 is 1.63 bits per heavy atom. The Morgan fingerprint density at radius 2 is 1.06 bits per heavy atom. The molecule has 1 rings (SSSR count). The van der Waals surface area contributed by atoms with Gasteiger partial charge in [-0.25, -0.2) is 4.57 Å². The molecule has 0 bridgehead atoms. The molecule has 9 nitrogen and oxygen atoms in total. The third-order valence-electron chi connectivity index (χ3n) is 8.66. The molecule has 1 fully saturated rings. The van der Waals surface area contributed by atoms with Crippen molar-refractivity contribution in [2.24, 2.45) is 0 Å². The summed E-state index contributed by atoms with van der Waals surface area (Å²) in [4.78, 5) is 42.8. The fraction of sp³-hybridized carbons (Fsp3) is 0.714. The van der Waals surface area contributed by atoms with Gasteiger partial charge in [0.15, 0.2) is 6.10 Å². The minimum absolute atomic E-state index is 0.178. The highest BCUT2D eigenvalue weighted by atomic mass is 31.2. The van der Waals surface area contributed by atoms with Crippen molar-refractivity contribution in [3.05, 3.63) is 60.8 Å². The molecule has 0 aromatic carbocycles. The number of epoxide rings is 1. The van der Waals surface area contributed by atoms with Gasteiger partial charge < -0.3 is 24.0 Å². The van der Waals surface area contributed by atoms with E-state index in [1.165, 1.54) is 44.9 Å². The van der Waals surface area contributed by atoms with Gasteiger partial charge in [-0.3, -0.25) is 14.1 Å². The minimum Gasteiger partial charge on any atom is -0.462 e. The number of esters is 2. The van der Waals surface area contributed by atoms with Crippen LogP contribution in [-0.2, 0) is 32.9 Å². The molecule has 2 unspecified atom stereocenters. The van der Waals surface area contributed by atoms with Crippen LogP contribution in [-0.4, -0.2) is 53.3 Å². The minimum atomic E-state index is -4.78. The maximum atomic E-state index is 12.4. The highest BCUT2D eigenvalue weighted by molar-refractivity contribution is 7.46. The molecule has 0 spiro atoms. The van der Waals surface area contributed by atoms with Gasteiger partial charge in [-0.1, -0.05) is 126 Å². The standard InChI is InChI=1S/C42H71O9P/c1-3-5-7-9-11-13-14-15-16-17-18-19-21-23-25-31-35-42(44)50-38(37-49-52(45,46)47)36-48-41(43)34-30-27-26-29-33-40-39(51-40)32-28-24-22-20-12-10-8-6-4-2/h11-13,15-16,20,24,26,28-29,38-40H,3-10,14,17-19,21-23,25,27,30-37H2,1-2H3,(H2,45,46,47)/b13-11-,16-15-,20-12-,28-24-,29-26-/t38-,39?,40?/m1/s1. The van der Waals surface area contributed by atoms with Gasteiger partial charge in [0.2, 0.25) is 0 Å². The van der Waals surface area contributed by atoms with E-state index in [-0.39, 0.29) is 31.7 Å². The maximum Gasteiger partial charge on any atom is 0.469 e. The molecule has 0 amide bonds. The second-order valence-corrected chi connectivity index (χ2v) is 14.9. The van der Waals surface area contributed by atoms with Crippen LogP contribution in [0.3, 0.4) is 0 Å². The van der Waals surface area contributed by atoms with Crippen molar-refractivity contribution < 1.29 is 42.7 Å². The zero-order valence-corrected chi connectivity index (χ0v) is 33.3. The number of hydrogen-bond acceptors (Lipinski definition) is 7. The summed E-state index contributed by atoms with van der Waals surface area (Å²) in [5, 5.41) is 0. The smallest absolute Gasteiger partial charge is 0.462 e. The summed E-state index contributed by atoms with van der Waals surface area (Å²) < 4.78 is 32.1. The first kappa shape index (κ1) is 47.7. The van der Waals surface area contributed by atoms with Crippen LogP contribution in [0.15, 0.2) is 60.8 Å². The van der Waals surface area contributed by atoms with Crippen molar-refractivity contribution in [1.29, 1.82) is 0 Å². The Morgan fingerprint density at radius 1 is 0.596 bits per heavy atom. The topological polar surface area (TPSA) is 132 Å². The lowest BCUT2D eigenvalue weighted by Gasteiger charge is -2.18. The molecule has 1 aliphatic rings. The summed E-state index contributed by atoms with van der Waals surface area (Å²) in [6.45, 7) is 3.55. The van der Waals surface area contributed by atoms with Crippen molar-refractivity contribution in [1.82, 2.24) is 0 Å². The Balaban J connectivity index is 2.14. The number of allylic oxidation sites excluding steroid dienone is 8. The molecule has 3 atom stereocenters. The largest absolute Gasteiger partial charge is 0.469 e. The SMILES string of the molecule is CCCCC/C=C\C/C=C\CCCCCCCCC(=O)O[C@H](COC(=O)CCC/C=C\CC1OC1C/C=C\C/C=C\CCCCC)COP(=O)(O)O. The monoisotopic (exact) mass is 750 g/mol. The molecule has 52 heavy (non-hydrogen) atoms. The van der Waals surface area contributed by atoms with Gasteiger partial charge in [-0.2, -0.15) is 0 Å². The van der Waals surface area contributed by atoms with Crippen LogP contribution >= 0.6 is 7.82 Å². The molecular formula is C42H71O9P. The lowest BCUT2D eigenvalue weighted by molar-refractivity contribution is -0.161. The summed E-state index contributed by atoms with van der Waals surface area (Å²) in [7, 11) is -4.78. The molecule has 298 valence electrons. The summed E-state index contributed by atoms with van der Waals surface area (Å²) >= 11 is 0. The molecule has 1 aliphatic heterocycles. The number of rotatable bonds is 35. The first-order chi connectivity index (χ1) is 25.2. The average Bonchev–Trinajstić information content (AvgIpc) is 3.87. The van der Waals surface area contributed by atoms with E-state index in [2.05, 4.69) is 73.1 Å². The van der Waals surface area contributed by atoms with Crippen LogP contribution in [0.5, 0.6) is 0 Å². The van der Waals surface area contributed by atoms with Crippen LogP contribution < -0.4 is 0 Å². The van der Waals surface area contributed by atoms with Crippen molar-refractivity contribution >= 4 is 19.8 Å². The number of unbranched alkanes of at least 4 members (excludes halogenated alkanes) is 13. The first-order valence-corrected chi connectivity index (χ1v) is 21.7. The zero-order valence-electron chi connectivity index (χ0n) is 32.4. The summed E-state index contributed by atoms with van der Waals surface area (Å²) in [5.74, 6) is -0.975. The van der Waals surface area contributed by atoms with Crippen LogP contribution in [0, 0.1) is 0 Å². The molecule has 0 radical (unpaired) electrons. The fourth-order valence-electron chi connectivity index (χ4n) is 5.49. The quantitative estimate of drug-likeness (QED) is 0.0213. The van der Waals surface area contributed by atoms with E-state index in [0.717, 1.165) is 70.6 Å². The third-order valence-corrected chi connectivity index (χ3v) is 9.15. The molecule has 1 heterocycles. The lowest BCUT2D eigenvalue weighted by atomic mass is 10.1. The molecule has 0 aromatic heterocycles. The van der Waals surface area contributed by atoms with Crippen LogP contribution in [0.25, 0.3) is 0 Å². The van der Waals surface area contributed by atoms with Crippen molar-refractivity contribution in [2.75, 3.05) is 13.2 Å². The summed E-state index contributed by atoms with van der Waals surface area (Å²) in [5.41, 5.74) is 0. The molecule has 0 saturated carbocycles. The number of carbonyl (C=O) groups excluding carboxylic acids is 2. The van der Waals surface area contributed by atoms with E-state index in [0.29, 0.717) is 19.3 Å². The van der Waals surface area contributed by atoms with Crippen molar-refractivity contribution in [3.8, 4) is 0 Å². The summed E-state index contributed by atoms with van der Waals surface area (Å²) in [6.07, 6.45) is 43.9. The molecule has 10 heteroatoms. The number of phosphoric acid groups is 1. The molecule has 2 N–H and O–H groups in total. The summed E-state index contributed by atoms with van der Waals surface area (Å²) in [6, 6.07) is 0. The van der Waals surface area contributed by atoms with Crippen LogP contribution in [0.4, 0.5) is 0 Å². The molecule has 0 aromatic rings. The van der Waals surface area contributed by atoms with E-state index in [4.69, 9.17) is 24.0 Å². The zero-order chi connectivity index (χ0) is 38.0. The normalized spacial score (nSPS) is 17.0. The Kier molecular flexibility index (Phi) is 30.6. The van der Waals surface area contributed by atoms with Gasteiger partial charge in [0.1, 0.15) is 6.61 Å². The van der Waals surface area contributed by atoms with Gasteiger partial charge in [0, 0.05) is 12.8 Å². The second kappa shape index (κ2) is 33.3.